The average molecular weight is 305 g/mol. The van der Waals surface area contributed by atoms with E-state index in [-0.39, 0.29) is 0 Å². The van der Waals surface area contributed by atoms with Crippen LogP contribution in [0.2, 0.25) is 0 Å². The second-order valence-corrected chi connectivity index (χ2v) is 5.58. The van der Waals surface area contributed by atoms with Gasteiger partial charge in [-0.3, -0.25) is 4.90 Å². The molecule has 1 saturated heterocycles. The van der Waals surface area contributed by atoms with Gasteiger partial charge in [-0.2, -0.15) is 0 Å². The van der Waals surface area contributed by atoms with Gasteiger partial charge in [0.25, 0.3) is 0 Å². The molecule has 0 amide bonds. The van der Waals surface area contributed by atoms with Gasteiger partial charge in [0.1, 0.15) is 5.01 Å². The highest BCUT2D eigenvalue weighted by molar-refractivity contribution is 9.08. The number of halogens is 1. The zero-order chi connectivity index (χ0) is 11.4. The summed E-state index contributed by atoms with van der Waals surface area (Å²) in [5, 5.41) is 2.17. The van der Waals surface area contributed by atoms with Gasteiger partial charge in [-0.15, -0.1) is 11.3 Å². The first-order valence-electron chi connectivity index (χ1n) is 5.67. The molecule has 0 N–H and O–H groups in total. The normalized spacial score (nSPS) is 17.9. The largest absolute Gasteiger partial charge is 0.379 e. The minimum Gasteiger partial charge on any atom is -0.379 e. The van der Waals surface area contributed by atoms with E-state index in [0.29, 0.717) is 0 Å². The smallest absolute Gasteiger partial charge is 0.107 e. The molecule has 0 spiro atoms. The van der Waals surface area contributed by atoms with E-state index in [0.717, 1.165) is 44.6 Å². The molecule has 2 heterocycles. The van der Waals surface area contributed by atoms with Gasteiger partial charge in [-0.1, -0.05) is 22.9 Å². The topological polar surface area (TPSA) is 25.4 Å². The highest BCUT2D eigenvalue weighted by Gasteiger charge is 2.14. The minimum atomic E-state index is 0.858. The van der Waals surface area contributed by atoms with E-state index in [1.807, 2.05) is 11.3 Å². The first-order valence-corrected chi connectivity index (χ1v) is 7.60. The summed E-state index contributed by atoms with van der Waals surface area (Å²) >= 11 is 5.36. The molecular weight excluding hydrogens is 288 g/mol. The summed E-state index contributed by atoms with van der Waals surface area (Å²) in [5.74, 6) is 0. The van der Waals surface area contributed by atoms with Crippen molar-refractivity contribution in [1.82, 2.24) is 9.88 Å². The third kappa shape index (κ3) is 3.03. The van der Waals surface area contributed by atoms with E-state index in [2.05, 4.69) is 27.8 Å². The Morgan fingerprint density at radius 3 is 2.75 bits per heavy atom. The number of alkyl halides is 1. The molecule has 2 rings (SSSR count). The van der Waals surface area contributed by atoms with Crippen LogP contribution in [0.1, 0.15) is 22.5 Å². The standard InChI is InChI=1S/C11H17BrN2OS/c1-2-9-10(7-12)16-11(13-9)8-14-3-5-15-6-4-14/h2-8H2,1H3. The number of hydrogen-bond donors (Lipinski definition) is 0. The first-order chi connectivity index (χ1) is 7.83. The van der Waals surface area contributed by atoms with Gasteiger partial charge >= 0.3 is 0 Å². The van der Waals surface area contributed by atoms with Crippen molar-refractivity contribution >= 4 is 27.3 Å². The van der Waals surface area contributed by atoms with Gasteiger partial charge in [0, 0.05) is 23.3 Å². The van der Waals surface area contributed by atoms with Crippen LogP contribution in [-0.4, -0.2) is 36.2 Å². The monoisotopic (exact) mass is 304 g/mol. The SMILES string of the molecule is CCc1nc(CN2CCOCC2)sc1CBr. The van der Waals surface area contributed by atoms with Crippen LogP contribution in [0.4, 0.5) is 0 Å². The van der Waals surface area contributed by atoms with Crippen LogP contribution in [0.3, 0.4) is 0 Å². The molecule has 90 valence electrons. The summed E-state index contributed by atoms with van der Waals surface area (Å²) in [4.78, 5) is 8.50. The van der Waals surface area contributed by atoms with E-state index < -0.39 is 0 Å². The summed E-state index contributed by atoms with van der Waals surface area (Å²) in [6.07, 6.45) is 1.03. The molecular formula is C11H17BrN2OS. The number of aromatic nitrogens is 1. The van der Waals surface area contributed by atoms with Crippen molar-refractivity contribution in [3.8, 4) is 0 Å². The van der Waals surface area contributed by atoms with Crippen molar-refractivity contribution in [2.45, 2.75) is 25.2 Å². The molecule has 0 aliphatic carbocycles. The lowest BCUT2D eigenvalue weighted by molar-refractivity contribution is 0.0341. The third-order valence-corrected chi connectivity index (χ3v) is 4.76. The van der Waals surface area contributed by atoms with E-state index in [9.17, 15) is 0 Å². The number of nitrogens with zero attached hydrogens (tertiary/aromatic N) is 2. The van der Waals surface area contributed by atoms with Crippen molar-refractivity contribution in [3.63, 3.8) is 0 Å². The van der Waals surface area contributed by atoms with Crippen molar-refractivity contribution < 1.29 is 4.74 Å². The number of hydrogen-bond acceptors (Lipinski definition) is 4. The lowest BCUT2D eigenvalue weighted by Crippen LogP contribution is -2.35. The average Bonchev–Trinajstić information content (AvgIpc) is 2.72. The summed E-state index contributed by atoms with van der Waals surface area (Å²) in [5.41, 5.74) is 1.25. The predicted molar refractivity (Wildman–Crippen MR) is 70.2 cm³/mol. The van der Waals surface area contributed by atoms with Crippen LogP contribution in [0.15, 0.2) is 0 Å². The molecule has 0 unspecified atom stereocenters. The van der Waals surface area contributed by atoms with Gasteiger partial charge in [0.15, 0.2) is 0 Å². The number of ether oxygens (including phenoxy) is 1. The van der Waals surface area contributed by atoms with Gasteiger partial charge in [-0.25, -0.2) is 4.98 Å². The molecule has 5 heteroatoms. The Morgan fingerprint density at radius 1 is 1.44 bits per heavy atom. The Balaban J connectivity index is 2.00. The molecule has 1 aromatic rings. The minimum absolute atomic E-state index is 0.858. The van der Waals surface area contributed by atoms with E-state index in [1.165, 1.54) is 15.6 Å². The van der Waals surface area contributed by atoms with Crippen LogP contribution in [-0.2, 0) is 23.0 Å². The molecule has 0 bridgehead atoms. The molecule has 1 fully saturated rings. The first kappa shape index (κ1) is 12.5. The van der Waals surface area contributed by atoms with Crippen molar-refractivity contribution in [3.05, 3.63) is 15.6 Å². The summed E-state index contributed by atoms with van der Waals surface area (Å²) in [7, 11) is 0. The van der Waals surface area contributed by atoms with Crippen molar-refractivity contribution in [1.29, 1.82) is 0 Å². The Hall–Kier alpha value is 0.0300. The number of thiazole rings is 1. The lowest BCUT2D eigenvalue weighted by Gasteiger charge is -2.25. The highest BCUT2D eigenvalue weighted by Crippen LogP contribution is 2.23. The van der Waals surface area contributed by atoms with Gasteiger partial charge in [-0.05, 0) is 6.42 Å². The summed E-state index contributed by atoms with van der Waals surface area (Å²) < 4.78 is 5.34. The zero-order valence-electron chi connectivity index (χ0n) is 9.54. The van der Waals surface area contributed by atoms with Crippen molar-refractivity contribution in [2.75, 3.05) is 26.3 Å². The maximum Gasteiger partial charge on any atom is 0.107 e. The van der Waals surface area contributed by atoms with E-state index in [1.54, 1.807) is 0 Å². The zero-order valence-corrected chi connectivity index (χ0v) is 11.9. The quantitative estimate of drug-likeness (QED) is 0.799. The highest BCUT2D eigenvalue weighted by atomic mass is 79.9. The van der Waals surface area contributed by atoms with Gasteiger partial charge in [0.2, 0.25) is 0 Å². The lowest BCUT2D eigenvalue weighted by atomic mass is 10.3. The van der Waals surface area contributed by atoms with Crippen LogP contribution in [0, 0.1) is 0 Å². The second-order valence-electron chi connectivity index (χ2n) is 3.85. The number of rotatable bonds is 4. The Morgan fingerprint density at radius 2 is 2.19 bits per heavy atom. The Labute approximate surface area is 109 Å². The van der Waals surface area contributed by atoms with Gasteiger partial charge in [0.05, 0.1) is 25.5 Å². The molecule has 1 aliphatic rings. The number of aryl methyl sites for hydroxylation is 1. The molecule has 1 aromatic heterocycles. The Kier molecular flexibility index (Phi) is 4.76. The molecule has 0 aromatic carbocycles. The second kappa shape index (κ2) is 6.10. The summed E-state index contributed by atoms with van der Waals surface area (Å²) in [6, 6.07) is 0. The molecule has 3 nitrogen and oxygen atoms in total. The maximum absolute atomic E-state index is 5.34. The number of morpholine rings is 1. The fourth-order valence-electron chi connectivity index (χ4n) is 1.84. The van der Waals surface area contributed by atoms with Crippen molar-refractivity contribution in [2.24, 2.45) is 0 Å². The van der Waals surface area contributed by atoms with Crippen LogP contribution >= 0.6 is 27.3 Å². The third-order valence-electron chi connectivity index (χ3n) is 2.74. The van der Waals surface area contributed by atoms with Gasteiger partial charge < -0.3 is 4.74 Å². The van der Waals surface area contributed by atoms with E-state index in [4.69, 9.17) is 9.72 Å². The maximum atomic E-state index is 5.34. The molecule has 0 radical (unpaired) electrons. The molecule has 1 aliphatic heterocycles. The Bertz CT molecular complexity index is 315. The van der Waals surface area contributed by atoms with E-state index >= 15 is 0 Å². The summed E-state index contributed by atoms with van der Waals surface area (Å²) in [6.45, 7) is 6.93. The molecule has 0 atom stereocenters. The predicted octanol–water partition coefficient (Wildman–Crippen LogP) is 2.43. The fourth-order valence-corrected chi connectivity index (χ4v) is 3.55. The molecule has 16 heavy (non-hydrogen) atoms. The fraction of sp³-hybridized carbons (Fsp3) is 0.727. The van der Waals surface area contributed by atoms with Crippen LogP contribution in [0.25, 0.3) is 0 Å². The molecule has 0 saturated carbocycles. The van der Waals surface area contributed by atoms with Crippen LogP contribution < -0.4 is 0 Å². The van der Waals surface area contributed by atoms with Crippen LogP contribution in [0.5, 0.6) is 0 Å².